The van der Waals surface area contributed by atoms with Gasteiger partial charge in [0.05, 0.1) is 0 Å². The highest BCUT2D eigenvalue weighted by atomic mass is 16.5. The van der Waals surface area contributed by atoms with Gasteiger partial charge in [-0.05, 0) is 32.6 Å². The molecule has 3 nitrogen and oxygen atoms in total. The molecule has 0 bridgehead atoms. The van der Waals surface area contributed by atoms with E-state index in [1.54, 1.807) is 0 Å². The van der Waals surface area contributed by atoms with Crippen LogP contribution in [-0.2, 0) is 4.74 Å². The van der Waals surface area contributed by atoms with Crippen molar-refractivity contribution in [3.63, 3.8) is 0 Å². The third-order valence-corrected chi connectivity index (χ3v) is 3.82. The molecule has 0 amide bonds. The summed E-state index contributed by atoms with van der Waals surface area (Å²) >= 11 is 0. The number of nitrogens with one attached hydrogen (secondary N) is 1. The maximum absolute atomic E-state index is 5.41. The molecule has 0 saturated carbocycles. The number of piperazine rings is 1. The van der Waals surface area contributed by atoms with Gasteiger partial charge in [0.25, 0.3) is 0 Å². The largest absolute Gasteiger partial charge is 0.381 e. The summed E-state index contributed by atoms with van der Waals surface area (Å²) in [5.41, 5.74) is 0. The van der Waals surface area contributed by atoms with E-state index in [2.05, 4.69) is 24.1 Å². The monoisotopic (exact) mass is 212 g/mol. The topological polar surface area (TPSA) is 24.5 Å². The molecule has 1 N–H and O–H groups in total. The Labute approximate surface area is 93.2 Å². The molecule has 0 aromatic carbocycles. The summed E-state index contributed by atoms with van der Waals surface area (Å²) in [6, 6.07) is 1.38. The molecule has 2 fully saturated rings. The maximum Gasteiger partial charge on any atom is 0.0469 e. The van der Waals surface area contributed by atoms with Crippen molar-refractivity contribution in [1.29, 1.82) is 0 Å². The molecule has 2 saturated heterocycles. The molecule has 0 aliphatic carbocycles. The van der Waals surface area contributed by atoms with Crippen LogP contribution >= 0.6 is 0 Å². The van der Waals surface area contributed by atoms with E-state index in [4.69, 9.17) is 4.74 Å². The highest BCUT2D eigenvalue weighted by Gasteiger charge is 2.27. The molecule has 0 aromatic rings. The van der Waals surface area contributed by atoms with Crippen molar-refractivity contribution in [2.75, 3.05) is 32.8 Å². The van der Waals surface area contributed by atoms with Crippen LogP contribution in [0.1, 0.15) is 26.7 Å². The number of ether oxygens (including phenoxy) is 1. The summed E-state index contributed by atoms with van der Waals surface area (Å²) in [6.07, 6.45) is 2.51. The molecule has 15 heavy (non-hydrogen) atoms. The van der Waals surface area contributed by atoms with Crippen molar-refractivity contribution < 1.29 is 4.74 Å². The predicted molar refractivity (Wildman–Crippen MR) is 62.0 cm³/mol. The molecule has 3 heteroatoms. The van der Waals surface area contributed by atoms with E-state index >= 15 is 0 Å². The van der Waals surface area contributed by atoms with E-state index < -0.39 is 0 Å². The molecule has 0 aromatic heterocycles. The van der Waals surface area contributed by atoms with Gasteiger partial charge in [0.1, 0.15) is 0 Å². The smallest absolute Gasteiger partial charge is 0.0469 e. The Morgan fingerprint density at radius 3 is 2.33 bits per heavy atom. The third-order valence-electron chi connectivity index (χ3n) is 3.82. The molecule has 2 aliphatic rings. The fourth-order valence-corrected chi connectivity index (χ4v) is 2.76. The van der Waals surface area contributed by atoms with Crippen LogP contribution in [0.3, 0.4) is 0 Å². The van der Waals surface area contributed by atoms with Crippen LogP contribution in [0.25, 0.3) is 0 Å². The lowest BCUT2D eigenvalue weighted by atomic mass is 9.97. The second kappa shape index (κ2) is 5.28. The van der Waals surface area contributed by atoms with Gasteiger partial charge in [-0.25, -0.2) is 0 Å². The number of nitrogens with zero attached hydrogens (tertiary/aromatic N) is 1. The molecule has 0 spiro atoms. The molecule has 2 atom stereocenters. The van der Waals surface area contributed by atoms with Gasteiger partial charge < -0.3 is 10.1 Å². The van der Waals surface area contributed by atoms with Crippen molar-refractivity contribution in [3.8, 4) is 0 Å². The third kappa shape index (κ3) is 2.92. The van der Waals surface area contributed by atoms with E-state index in [1.165, 1.54) is 19.4 Å². The Morgan fingerprint density at radius 2 is 1.73 bits per heavy atom. The lowest BCUT2D eigenvalue weighted by Crippen LogP contribution is -2.56. The molecular formula is C12H24N2O. The molecule has 2 heterocycles. The van der Waals surface area contributed by atoms with Gasteiger partial charge in [0, 0.05) is 44.9 Å². The second-order valence-electron chi connectivity index (χ2n) is 5.11. The maximum atomic E-state index is 5.41. The first-order valence-corrected chi connectivity index (χ1v) is 6.31. The van der Waals surface area contributed by atoms with Gasteiger partial charge in [0.2, 0.25) is 0 Å². The quantitative estimate of drug-likeness (QED) is 0.742. The fraction of sp³-hybridized carbons (Fsp3) is 1.00. The minimum absolute atomic E-state index is 0.691. The van der Waals surface area contributed by atoms with Gasteiger partial charge in [-0.15, -0.1) is 0 Å². The average Bonchev–Trinajstić information content (AvgIpc) is 2.25. The van der Waals surface area contributed by atoms with Gasteiger partial charge in [-0.3, -0.25) is 4.90 Å². The van der Waals surface area contributed by atoms with Crippen LogP contribution in [0.5, 0.6) is 0 Å². The van der Waals surface area contributed by atoms with Crippen LogP contribution in [0, 0.1) is 5.92 Å². The fourth-order valence-electron chi connectivity index (χ4n) is 2.76. The average molecular weight is 212 g/mol. The SMILES string of the molecule is CC1CNCC(C)N1CC1CCOCC1. The zero-order valence-corrected chi connectivity index (χ0v) is 10.0. The Kier molecular flexibility index (Phi) is 4.00. The van der Waals surface area contributed by atoms with E-state index in [1.807, 2.05) is 0 Å². The second-order valence-corrected chi connectivity index (χ2v) is 5.11. The minimum atomic E-state index is 0.691. The van der Waals surface area contributed by atoms with Crippen molar-refractivity contribution in [1.82, 2.24) is 10.2 Å². The Balaban J connectivity index is 1.84. The van der Waals surface area contributed by atoms with E-state index in [0.717, 1.165) is 32.2 Å². The first kappa shape index (κ1) is 11.4. The zero-order chi connectivity index (χ0) is 10.7. The Hall–Kier alpha value is -0.120. The van der Waals surface area contributed by atoms with E-state index in [0.29, 0.717) is 12.1 Å². The van der Waals surface area contributed by atoms with E-state index in [9.17, 15) is 0 Å². The van der Waals surface area contributed by atoms with Gasteiger partial charge in [-0.2, -0.15) is 0 Å². The Bertz CT molecular complexity index is 182. The molecule has 2 unspecified atom stereocenters. The number of hydrogen-bond acceptors (Lipinski definition) is 3. The van der Waals surface area contributed by atoms with Crippen LogP contribution in [0.2, 0.25) is 0 Å². The molecule has 0 radical (unpaired) electrons. The first-order chi connectivity index (χ1) is 7.27. The summed E-state index contributed by atoms with van der Waals surface area (Å²) in [5, 5.41) is 3.49. The van der Waals surface area contributed by atoms with Gasteiger partial charge >= 0.3 is 0 Å². The van der Waals surface area contributed by atoms with Crippen molar-refractivity contribution in [2.24, 2.45) is 5.92 Å². The van der Waals surface area contributed by atoms with Crippen molar-refractivity contribution in [3.05, 3.63) is 0 Å². The summed E-state index contributed by atoms with van der Waals surface area (Å²) in [5.74, 6) is 0.863. The van der Waals surface area contributed by atoms with Crippen molar-refractivity contribution in [2.45, 2.75) is 38.8 Å². The first-order valence-electron chi connectivity index (χ1n) is 6.31. The summed E-state index contributed by atoms with van der Waals surface area (Å²) in [4.78, 5) is 2.67. The summed E-state index contributed by atoms with van der Waals surface area (Å²) in [6.45, 7) is 10.2. The van der Waals surface area contributed by atoms with Gasteiger partial charge in [0.15, 0.2) is 0 Å². The standard InChI is InChI=1S/C12H24N2O/c1-10-7-13-8-11(2)14(10)9-12-3-5-15-6-4-12/h10-13H,3-9H2,1-2H3. The van der Waals surface area contributed by atoms with Crippen LogP contribution in [-0.4, -0.2) is 49.8 Å². The number of hydrogen-bond donors (Lipinski definition) is 1. The minimum Gasteiger partial charge on any atom is -0.381 e. The highest BCUT2D eigenvalue weighted by Crippen LogP contribution is 2.20. The Morgan fingerprint density at radius 1 is 1.13 bits per heavy atom. The lowest BCUT2D eigenvalue weighted by molar-refractivity contribution is 0.0302. The van der Waals surface area contributed by atoms with Crippen LogP contribution < -0.4 is 5.32 Å². The van der Waals surface area contributed by atoms with E-state index in [-0.39, 0.29) is 0 Å². The number of rotatable bonds is 2. The summed E-state index contributed by atoms with van der Waals surface area (Å²) < 4.78 is 5.41. The lowest BCUT2D eigenvalue weighted by Gasteiger charge is -2.41. The normalized spacial score (nSPS) is 35.6. The van der Waals surface area contributed by atoms with Gasteiger partial charge in [-0.1, -0.05) is 0 Å². The van der Waals surface area contributed by atoms with Crippen LogP contribution in [0.15, 0.2) is 0 Å². The molecule has 88 valence electrons. The zero-order valence-electron chi connectivity index (χ0n) is 10.0. The highest BCUT2D eigenvalue weighted by molar-refractivity contribution is 4.84. The predicted octanol–water partition coefficient (Wildman–Crippen LogP) is 1.10. The van der Waals surface area contributed by atoms with Crippen molar-refractivity contribution >= 4 is 0 Å². The molecule has 2 aliphatic heterocycles. The van der Waals surface area contributed by atoms with Crippen LogP contribution in [0.4, 0.5) is 0 Å². The molecular weight excluding hydrogens is 188 g/mol. The summed E-state index contributed by atoms with van der Waals surface area (Å²) in [7, 11) is 0. The molecule has 2 rings (SSSR count).